The van der Waals surface area contributed by atoms with Crippen LogP contribution in [0.4, 0.5) is 4.39 Å². The van der Waals surface area contributed by atoms with Crippen molar-refractivity contribution >= 4 is 11.3 Å². The van der Waals surface area contributed by atoms with Crippen LogP contribution in [0.1, 0.15) is 16.8 Å². The van der Waals surface area contributed by atoms with E-state index < -0.39 is 0 Å². The molecule has 0 saturated heterocycles. The third-order valence-corrected chi connectivity index (χ3v) is 7.33. The Hall–Kier alpha value is -3.84. The highest BCUT2D eigenvalue weighted by molar-refractivity contribution is 7.19. The second-order valence-electron chi connectivity index (χ2n) is 8.62. The first-order valence-corrected chi connectivity index (χ1v) is 12.2. The first-order valence-electron chi connectivity index (χ1n) is 11.4. The second kappa shape index (κ2) is 9.43. The lowest BCUT2D eigenvalue weighted by Crippen LogP contribution is -2.27. The van der Waals surface area contributed by atoms with Crippen LogP contribution in [-0.2, 0) is 20.0 Å². The maximum atomic E-state index is 14.1. The van der Waals surface area contributed by atoms with Crippen LogP contribution < -0.4 is 5.56 Å². The van der Waals surface area contributed by atoms with Crippen LogP contribution in [0.25, 0.3) is 32.3 Å². The minimum atomic E-state index is -0.358. The Morgan fingerprint density at radius 3 is 2.51 bits per heavy atom. The van der Waals surface area contributed by atoms with Crippen molar-refractivity contribution in [3.8, 4) is 32.3 Å². The molecule has 0 amide bonds. The molecule has 0 aliphatic heterocycles. The Morgan fingerprint density at radius 1 is 1.00 bits per heavy atom. The third kappa shape index (κ3) is 4.59. The number of halogens is 1. The fourth-order valence-corrected chi connectivity index (χ4v) is 5.55. The van der Waals surface area contributed by atoms with Crippen LogP contribution >= 0.6 is 11.3 Å². The van der Waals surface area contributed by atoms with Gasteiger partial charge < -0.3 is 0 Å². The van der Waals surface area contributed by atoms with Gasteiger partial charge >= 0.3 is 0 Å². The summed E-state index contributed by atoms with van der Waals surface area (Å²) in [5.74, 6) is 0.121. The minimum absolute atomic E-state index is 0.119. The van der Waals surface area contributed by atoms with Crippen LogP contribution in [0.2, 0.25) is 0 Å². The first-order chi connectivity index (χ1) is 16.9. The van der Waals surface area contributed by atoms with Gasteiger partial charge in [0.25, 0.3) is 5.56 Å². The standard InChI is InChI=1S/C28H25FN4OS/c1-18-14-24(35-26(18)22-16-30-32(3)17-22)25-19(2)31-27(21-10-7-11-23(29)15-21)33(28(25)34)13-12-20-8-5-4-6-9-20/h4-11,14-17H,12-13H2,1-3H3. The zero-order valence-corrected chi connectivity index (χ0v) is 20.6. The fourth-order valence-electron chi connectivity index (χ4n) is 4.32. The summed E-state index contributed by atoms with van der Waals surface area (Å²) in [4.78, 5) is 20.8. The first kappa shape index (κ1) is 22.9. The molecule has 35 heavy (non-hydrogen) atoms. The molecular formula is C28H25FN4OS. The molecular weight excluding hydrogens is 459 g/mol. The molecule has 0 atom stereocenters. The molecule has 3 aromatic heterocycles. The van der Waals surface area contributed by atoms with Crippen LogP contribution in [0.3, 0.4) is 0 Å². The fraction of sp³-hybridized carbons (Fsp3) is 0.179. The molecule has 2 aromatic carbocycles. The summed E-state index contributed by atoms with van der Waals surface area (Å²) in [6.45, 7) is 4.33. The van der Waals surface area contributed by atoms with Gasteiger partial charge in [0.05, 0.1) is 17.5 Å². The summed E-state index contributed by atoms with van der Waals surface area (Å²) < 4.78 is 17.5. The van der Waals surface area contributed by atoms with Crippen molar-refractivity contribution in [2.75, 3.05) is 0 Å². The maximum absolute atomic E-state index is 14.1. The Morgan fingerprint density at radius 2 is 1.80 bits per heavy atom. The number of nitrogens with zero attached hydrogens (tertiary/aromatic N) is 4. The number of benzene rings is 2. The summed E-state index contributed by atoms with van der Waals surface area (Å²) in [6, 6.07) is 18.3. The largest absolute Gasteiger partial charge is 0.292 e. The second-order valence-corrected chi connectivity index (χ2v) is 9.68. The van der Waals surface area contributed by atoms with E-state index in [4.69, 9.17) is 4.98 Å². The molecule has 0 aliphatic rings. The lowest BCUT2D eigenvalue weighted by molar-refractivity contribution is 0.626. The Kier molecular flexibility index (Phi) is 6.17. The van der Waals surface area contributed by atoms with E-state index >= 15 is 0 Å². The van der Waals surface area contributed by atoms with Gasteiger partial charge in [-0.2, -0.15) is 5.10 Å². The van der Waals surface area contributed by atoms with Crippen LogP contribution in [0.15, 0.2) is 77.9 Å². The van der Waals surface area contributed by atoms with Crippen molar-refractivity contribution in [2.45, 2.75) is 26.8 Å². The molecule has 0 bridgehead atoms. The maximum Gasteiger partial charge on any atom is 0.262 e. The molecule has 0 spiro atoms. The SMILES string of the molecule is Cc1cc(-c2c(C)nc(-c3cccc(F)c3)n(CCc3ccccc3)c2=O)sc1-c1cnn(C)c1. The van der Waals surface area contributed by atoms with Crippen LogP contribution in [0, 0.1) is 19.7 Å². The molecule has 0 fully saturated rings. The summed E-state index contributed by atoms with van der Waals surface area (Å²) in [5.41, 5.74) is 4.91. The van der Waals surface area contributed by atoms with Gasteiger partial charge in [-0.05, 0) is 49.6 Å². The molecule has 0 unspecified atom stereocenters. The minimum Gasteiger partial charge on any atom is -0.292 e. The van der Waals surface area contributed by atoms with Crippen molar-refractivity contribution < 1.29 is 4.39 Å². The summed E-state index contributed by atoms with van der Waals surface area (Å²) >= 11 is 1.57. The molecule has 7 heteroatoms. The van der Waals surface area contributed by atoms with Crippen molar-refractivity contribution in [2.24, 2.45) is 7.05 Å². The molecule has 5 nitrogen and oxygen atoms in total. The van der Waals surface area contributed by atoms with Gasteiger partial charge in [-0.25, -0.2) is 9.37 Å². The quantitative estimate of drug-likeness (QED) is 0.295. The van der Waals surface area contributed by atoms with Crippen molar-refractivity contribution in [3.05, 3.63) is 106 Å². The lowest BCUT2D eigenvalue weighted by Gasteiger charge is -2.16. The van der Waals surface area contributed by atoms with E-state index in [1.54, 1.807) is 32.7 Å². The third-order valence-electron chi connectivity index (χ3n) is 6.03. The van der Waals surface area contributed by atoms with Crippen LogP contribution in [0.5, 0.6) is 0 Å². The lowest BCUT2D eigenvalue weighted by atomic mass is 10.1. The highest BCUT2D eigenvalue weighted by Gasteiger charge is 2.20. The van der Waals surface area contributed by atoms with Gasteiger partial charge in [0.1, 0.15) is 11.6 Å². The van der Waals surface area contributed by atoms with Crippen molar-refractivity contribution in [1.82, 2.24) is 19.3 Å². The number of aryl methyl sites for hydroxylation is 4. The van der Waals surface area contributed by atoms with Gasteiger partial charge in [-0.1, -0.05) is 42.5 Å². The average molecular weight is 485 g/mol. The number of rotatable bonds is 6. The predicted octanol–water partition coefficient (Wildman–Crippen LogP) is 6.04. The Bertz CT molecular complexity index is 1570. The molecule has 0 saturated carbocycles. The molecule has 0 N–H and O–H groups in total. The summed E-state index contributed by atoms with van der Waals surface area (Å²) in [7, 11) is 1.89. The highest BCUT2D eigenvalue weighted by atomic mass is 32.1. The number of hydrogen-bond donors (Lipinski definition) is 0. The zero-order valence-electron chi connectivity index (χ0n) is 19.8. The van der Waals surface area contributed by atoms with Gasteiger partial charge in [-0.15, -0.1) is 11.3 Å². The average Bonchev–Trinajstić information content (AvgIpc) is 3.44. The number of hydrogen-bond acceptors (Lipinski definition) is 4. The predicted molar refractivity (Wildman–Crippen MR) is 139 cm³/mol. The number of thiophene rings is 1. The van der Waals surface area contributed by atoms with E-state index in [2.05, 4.69) is 5.10 Å². The number of aromatic nitrogens is 4. The van der Waals surface area contributed by atoms with Gasteiger partial charge in [0.2, 0.25) is 0 Å². The Balaban J connectivity index is 1.65. The Labute approximate surface area is 207 Å². The van der Waals surface area contributed by atoms with E-state index in [1.165, 1.54) is 12.1 Å². The van der Waals surface area contributed by atoms with Gasteiger partial charge in [0, 0.05) is 40.7 Å². The molecule has 176 valence electrons. The van der Waals surface area contributed by atoms with E-state index in [0.29, 0.717) is 35.6 Å². The normalized spacial score (nSPS) is 11.2. The highest BCUT2D eigenvalue weighted by Crippen LogP contribution is 2.37. The van der Waals surface area contributed by atoms with Gasteiger partial charge in [0.15, 0.2) is 0 Å². The molecule has 5 aromatic rings. The molecule has 0 radical (unpaired) electrons. The molecule has 3 heterocycles. The van der Waals surface area contributed by atoms with Crippen molar-refractivity contribution in [3.63, 3.8) is 0 Å². The zero-order chi connectivity index (χ0) is 24.5. The van der Waals surface area contributed by atoms with E-state index in [-0.39, 0.29) is 11.4 Å². The van der Waals surface area contributed by atoms with Gasteiger partial charge in [-0.3, -0.25) is 14.0 Å². The van der Waals surface area contributed by atoms with E-state index in [0.717, 1.165) is 26.4 Å². The summed E-state index contributed by atoms with van der Waals surface area (Å²) in [6.07, 6.45) is 4.47. The van der Waals surface area contributed by atoms with Crippen LogP contribution in [-0.4, -0.2) is 19.3 Å². The molecule has 5 rings (SSSR count). The van der Waals surface area contributed by atoms with E-state index in [1.807, 2.05) is 69.7 Å². The van der Waals surface area contributed by atoms with E-state index in [9.17, 15) is 9.18 Å². The summed E-state index contributed by atoms with van der Waals surface area (Å²) in [5, 5.41) is 4.29. The topological polar surface area (TPSA) is 52.7 Å². The van der Waals surface area contributed by atoms with Crippen molar-refractivity contribution in [1.29, 1.82) is 0 Å². The molecule has 0 aliphatic carbocycles. The smallest absolute Gasteiger partial charge is 0.262 e. The monoisotopic (exact) mass is 484 g/mol.